The van der Waals surface area contributed by atoms with Crippen molar-refractivity contribution in [3.05, 3.63) is 35.1 Å². The van der Waals surface area contributed by atoms with Gasteiger partial charge in [-0.1, -0.05) is 12.1 Å². The van der Waals surface area contributed by atoms with E-state index in [2.05, 4.69) is 12.2 Å². The number of thioether (sulfide) groups is 1. The summed E-state index contributed by atoms with van der Waals surface area (Å²) in [5.74, 6) is 2.32. The highest BCUT2D eigenvalue weighted by molar-refractivity contribution is 7.99. The lowest BCUT2D eigenvalue weighted by Crippen LogP contribution is -2.31. The summed E-state index contributed by atoms with van der Waals surface area (Å²) in [5, 5.41) is 3.55. The summed E-state index contributed by atoms with van der Waals surface area (Å²) in [7, 11) is 0. The standard InChI is InChI=1S/C13H18FNS/c1-9-3-4-11(7-13(9)14)10(2)15-12-5-6-16-8-12/h3-4,7,10,12,15H,5-6,8H2,1-2H3. The van der Waals surface area contributed by atoms with Gasteiger partial charge in [0.15, 0.2) is 0 Å². The van der Waals surface area contributed by atoms with Crippen LogP contribution in [0.15, 0.2) is 18.2 Å². The van der Waals surface area contributed by atoms with E-state index in [9.17, 15) is 4.39 Å². The Hall–Kier alpha value is -0.540. The summed E-state index contributed by atoms with van der Waals surface area (Å²) in [5.41, 5.74) is 1.76. The molecule has 0 aliphatic carbocycles. The minimum absolute atomic E-state index is 0.105. The van der Waals surface area contributed by atoms with Crippen LogP contribution in [0.25, 0.3) is 0 Å². The van der Waals surface area contributed by atoms with Crippen molar-refractivity contribution in [1.82, 2.24) is 5.32 Å². The van der Waals surface area contributed by atoms with E-state index in [-0.39, 0.29) is 11.9 Å². The maximum absolute atomic E-state index is 13.4. The molecule has 1 heterocycles. The second-order valence-corrected chi connectivity index (χ2v) is 5.61. The van der Waals surface area contributed by atoms with Gasteiger partial charge in [0.2, 0.25) is 0 Å². The van der Waals surface area contributed by atoms with Crippen molar-refractivity contribution >= 4 is 11.8 Å². The van der Waals surface area contributed by atoms with Crippen LogP contribution in [0.5, 0.6) is 0 Å². The Labute approximate surface area is 101 Å². The first-order valence-corrected chi connectivity index (χ1v) is 6.92. The Bertz CT molecular complexity index is 361. The summed E-state index contributed by atoms with van der Waals surface area (Å²) < 4.78 is 13.4. The highest BCUT2D eigenvalue weighted by Crippen LogP contribution is 2.22. The average Bonchev–Trinajstić information content (AvgIpc) is 2.74. The predicted molar refractivity (Wildman–Crippen MR) is 68.4 cm³/mol. The summed E-state index contributed by atoms with van der Waals surface area (Å²) in [6.07, 6.45) is 1.23. The van der Waals surface area contributed by atoms with Gasteiger partial charge in [0.25, 0.3) is 0 Å². The molecule has 1 aliphatic heterocycles. The third-order valence-corrected chi connectivity index (χ3v) is 4.27. The largest absolute Gasteiger partial charge is 0.307 e. The molecule has 1 aromatic carbocycles. The molecule has 1 aromatic rings. The van der Waals surface area contributed by atoms with Crippen molar-refractivity contribution in [2.75, 3.05) is 11.5 Å². The molecule has 3 heteroatoms. The monoisotopic (exact) mass is 239 g/mol. The van der Waals surface area contributed by atoms with Crippen molar-refractivity contribution in [3.63, 3.8) is 0 Å². The molecular formula is C13H18FNS. The van der Waals surface area contributed by atoms with Gasteiger partial charge in [0.05, 0.1) is 0 Å². The molecule has 1 aliphatic rings. The van der Waals surface area contributed by atoms with Crippen LogP contribution in [0.3, 0.4) is 0 Å². The molecule has 1 N–H and O–H groups in total. The number of aryl methyl sites for hydroxylation is 1. The molecule has 0 radical (unpaired) electrons. The van der Waals surface area contributed by atoms with E-state index in [0.29, 0.717) is 11.6 Å². The fourth-order valence-corrected chi connectivity index (χ4v) is 3.16. The molecule has 0 aromatic heterocycles. The van der Waals surface area contributed by atoms with Gasteiger partial charge < -0.3 is 5.32 Å². The number of hydrogen-bond donors (Lipinski definition) is 1. The topological polar surface area (TPSA) is 12.0 Å². The van der Waals surface area contributed by atoms with E-state index < -0.39 is 0 Å². The zero-order valence-electron chi connectivity index (χ0n) is 9.79. The van der Waals surface area contributed by atoms with Gasteiger partial charge in [0, 0.05) is 17.8 Å². The van der Waals surface area contributed by atoms with E-state index in [1.165, 1.54) is 17.9 Å². The lowest BCUT2D eigenvalue weighted by atomic mass is 10.0. The summed E-state index contributed by atoms with van der Waals surface area (Å²) in [6.45, 7) is 3.90. The molecule has 0 saturated carbocycles. The molecule has 16 heavy (non-hydrogen) atoms. The van der Waals surface area contributed by atoms with Gasteiger partial charge in [-0.25, -0.2) is 4.39 Å². The highest BCUT2D eigenvalue weighted by Gasteiger charge is 2.18. The van der Waals surface area contributed by atoms with Crippen LogP contribution >= 0.6 is 11.8 Å². The molecular weight excluding hydrogens is 221 g/mol. The third kappa shape index (κ3) is 2.77. The smallest absolute Gasteiger partial charge is 0.126 e. The van der Waals surface area contributed by atoms with Crippen molar-refractivity contribution in [1.29, 1.82) is 0 Å². The number of halogens is 1. The van der Waals surface area contributed by atoms with Gasteiger partial charge in [-0.2, -0.15) is 11.8 Å². The summed E-state index contributed by atoms with van der Waals surface area (Å²) >= 11 is 1.99. The molecule has 2 unspecified atom stereocenters. The molecule has 0 amide bonds. The van der Waals surface area contributed by atoms with Crippen LogP contribution < -0.4 is 5.32 Å². The molecule has 1 fully saturated rings. The Kier molecular flexibility index (Phi) is 3.87. The number of rotatable bonds is 3. The van der Waals surface area contributed by atoms with Crippen LogP contribution in [0.2, 0.25) is 0 Å². The summed E-state index contributed by atoms with van der Waals surface area (Å²) in [4.78, 5) is 0. The van der Waals surface area contributed by atoms with Gasteiger partial charge in [-0.3, -0.25) is 0 Å². The van der Waals surface area contributed by atoms with E-state index in [0.717, 1.165) is 5.56 Å². The SMILES string of the molecule is Cc1ccc(C(C)NC2CCSC2)cc1F. The van der Waals surface area contributed by atoms with Crippen molar-refractivity contribution in [3.8, 4) is 0 Å². The van der Waals surface area contributed by atoms with E-state index in [1.807, 2.05) is 23.9 Å². The Morgan fingerprint density at radius 1 is 1.50 bits per heavy atom. The Morgan fingerprint density at radius 3 is 2.94 bits per heavy atom. The fourth-order valence-electron chi connectivity index (χ4n) is 1.99. The first-order chi connectivity index (χ1) is 7.66. The van der Waals surface area contributed by atoms with Crippen LogP contribution in [-0.4, -0.2) is 17.5 Å². The average molecular weight is 239 g/mol. The van der Waals surface area contributed by atoms with Gasteiger partial charge in [0.1, 0.15) is 5.82 Å². The Balaban J connectivity index is 2.02. The number of hydrogen-bond acceptors (Lipinski definition) is 2. The lowest BCUT2D eigenvalue weighted by Gasteiger charge is -2.19. The highest BCUT2D eigenvalue weighted by atomic mass is 32.2. The first kappa shape index (κ1) is 11.9. The summed E-state index contributed by atoms with van der Waals surface area (Å²) in [6, 6.07) is 6.34. The molecule has 1 saturated heterocycles. The second kappa shape index (κ2) is 5.19. The quantitative estimate of drug-likeness (QED) is 0.868. The maximum atomic E-state index is 13.4. The van der Waals surface area contributed by atoms with Gasteiger partial charge >= 0.3 is 0 Å². The van der Waals surface area contributed by atoms with E-state index in [1.54, 1.807) is 13.0 Å². The normalized spacial score (nSPS) is 22.3. The van der Waals surface area contributed by atoms with Crippen LogP contribution in [-0.2, 0) is 0 Å². The number of nitrogens with one attached hydrogen (secondary N) is 1. The molecule has 1 nitrogen and oxygen atoms in total. The van der Waals surface area contributed by atoms with Crippen LogP contribution in [0, 0.1) is 12.7 Å². The van der Waals surface area contributed by atoms with Crippen LogP contribution in [0.1, 0.15) is 30.5 Å². The lowest BCUT2D eigenvalue weighted by molar-refractivity contribution is 0.483. The number of benzene rings is 1. The Morgan fingerprint density at radius 2 is 2.31 bits per heavy atom. The molecule has 2 atom stereocenters. The fraction of sp³-hybridized carbons (Fsp3) is 0.538. The van der Waals surface area contributed by atoms with Crippen molar-refractivity contribution in [2.24, 2.45) is 0 Å². The maximum Gasteiger partial charge on any atom is 0.126 e. The van der Waals surface area contributed by atoms with Crippen molar-refractivity contribution < 1.29 is 4.39 Å². The minimum Gasteiger partial charge on any atom is -0.307 e. The molecule has 2 rings (SSSR count). The molecule has 0 bridgehead atoms. The second-order valence-electron chi connectivity index (χ2n) is 4.46. The zero-order chi connectivity index (χ0) is 11.5. The third-order valence-electron chi connectivity index (χ3n) is 3.11. The van der Waals surface area contributed by atoms with Crippen molar-refractivity contribution in [2.45, 2.75) is 32.4 Å². The van der Waals surface area contributed by atoms with Gasteiger partial charge in [-0.15, -0.1) is 0 Å². The van der Waals surface area contributed by atoms with E-state index in [4.69, 9.17) is 0 Å². The van der Waals surface area contributed by atoms with E-state index >= 15 is 0 Å². The predicted octanol–water partition coefficient (Wildman–Crippen LogP) is 3.29. The zero-order valence-corrected chi connectivity index (χ0v) is 10.6. The van der Waals surface area contributed by atoms with Gasteiger partial charge in [-0.05, 0) is 43.2 Å². The first-order valence-electron chi connectivity index (χ1n) is 5.76. The van der Waals surface area contributed by atoms with Crippen LogP contribution in [0.4, 0.5) is 4.39 Å². The molecule has 0 spiro atoms. The minimum atomic E-state index is -0.105. The molecule has 88 valence electrons.